The second kappa shape index (κ2) is 10.9. The van der Waals surface area contributed by atoms with Gasteiger partial charge in [-0.25, -0.2) is 23.1 Å². The molecule has 2 N–H and O–H groups in total. The summed E-state index contributed by atoms with van der Waals surface area (Å²) in [5.74, 6) is 0.582. The number of sulfonamides is 1. The van der Waals surface area contributed by atoms with Crippen LogP contribution < -0.4 is 10.0 Å². The van der Waals surface area contributed by atoms with Crippen LogP contribution in [0.25, 0.3) is 10.4 Å². The van der Waals surface area contributed by atoms with Gasteiger partial charge in [0.2, 0.25) is 10.0 Å². The molecule has 0 spiro atoms. The minimum atomic E-state index is -3.89. The van der Waals surface area contributed by atoms with Gasteiger partial charge in [-0.05, 0) is 88.9 Å². The number of aryl methyl sites for hydroxylation is 1. The molecule has 3 heterocycles. The number of anilines is 2. The van der Waals surface area contributed by atoms with E-state index in [9.17, 15) is 18.0 Å². The van der Waals surface area contributed by atoms with Crippen LogP contribution in [-0.2, 0) is 16.6 Å². The lowest BCUT2D eigenvalue weighted by atomic mass is 10.0. The highest BCUT2D eigenvalue weighted by Gasteiger charge is 2.41. The molecule has 1 aromatic carbocycles. The summed E-state index contributed by atoms with van der Waals surface area (Å²) in [5, 5.41) is 3.76. The first-order valence-corrected chi connectivity index (χ1v) is 15.8. The maximum atomic E-state index is 13.4. The monoisotopic (exact) mass is 582 g/mol. The van der Waals surface area contributed by atoms with E-state index in [0.717, 1.165) is 17.7 Å². The summed E-state index contributed by atoms with van der Waals surface area (Å²) in [6, 6.07) is 8.77. The van der Waals surface area contributed by atoms with E-state index in [2.05, 4.69) is 20.0 Å². The molecule has 40 heavy (non-hydrogen) atoms. The summed E-state index contributed by atoms with van der Waals surface area (Å²) < 4.78 is 28.5. The zero-order chi connectivity index (χ0) is 28.8. The Balaban J connectivity index is 1.48. The third-order valence-corrected chi connectivity index (χ3v) is 10.2. The van der Waals surface area contributed by atoms with Crippen molar-refractivity contribution in [2.24, 2.45) is 5.92 Å². The lowest BCUT2D eigenvalue weighted by Gasteiger charge is -2.24. The summed E-state index contributed by atoms with van der Waals surface area (Å²) in [7, 11) is -2.54. The summed E-state index contributed by atoms with van der Waals surface area (Å²) in [6.07, 6.45) is 2.18. The molecule has 3 aromatic rings. The average molecular weight is 583 g/mol. The number of hydrogen-bond donors (Lipinski definition) is 2. The van der Waals surface area contributed by atoms with Crippen molar-refractivity contribution in [1.29, 1.82) is 0 Å². The van der Waals surface area contributed by atoms with Gasteiger partial charge in [-0.1, -0.05) is 17.4 Å². The molecule has 0 saturated heterocycles. The van der Waals surface area contributed by atoms with Crippen molar-refractivity contribution < 1.29 is 18.0 Å². The van der Waals surface area contributed by atoms with E-state index >= 15 is 0 Å². The summed E-state index contributed by atoms with van der Waals surface area (Å²) in [4.78, 5) is 39.6. The Hall–Kier alpha value is -3.35. The van der Waals surface area contributed by atoms with Crippen molar-refractivity contribution in [3.63, 3.8) is 0 Å². The van der Waals surface area contributed by atoms with Crippen molar-refractivity contribution in [2.45, 2.75) is 58.0 Å². The van der Waals surface area contributed by atoms with Crippen LogP contribution in [0.5, 0.6) is 0 Å². The van der Waals surface area contributed by atoms with Gasteiger partial charge in [-0.3, -0.25) is 9.59 Å². The number of pyridine rings is 1. The molecule has 2 aromatic heterocycles. The van der Waals surface area contributed by atoms with Gasteiger partial charge in [-0.2, -0.15) is 0 Å². The summed E-state index contributed by atoms with van der Waals surface area (Å²) in [6.45, 7) is 9.33. The molecule has 1 aliphatic heterocycles. The highest BCUT2D eigenvalue weighted by atomic mass is 32.2. The number of fused-ring (bicyclic) bond motifs is 1. The Morgan fingerprint density at radius 1 is 1.20 bits per heavy atom. The standard InChI is InChI=1S/C28H34N6O4S2/c1-6-33(7-2)26(35)21-9-8-10-23(31-21)32-28-30-16(3)25(39-28)19-13-20-15-34(17(4)18-11-12-18)27(36)24(20)22(14-19)40(37,38)29-5/h8-10,13-14,17-18,29H,6-7,11-12,15H2,1-5H3,(H,30,31,32)/t17-/m0/s1. The van der Waals surface area contributed by atoms with Crippen molar-refractivity contribution >= 4 is 44.1 Å². The number of carbonyl (C=O) groups is 2. The van der Waals surface area contributed by atoms with Crippen LogP contribution in [0.1, 0.15) is 65.7 Å². The third-order valence-electron chi connectivity index (χ3n) is 7.67. The van der Waals surface area contributed by atoms with Crippen LogP contribution in [0.2, 0.25) is 0 Å². The average Bonchev–Trinajstić information content (AvgIpc) is 3.66. The normalized spacial score (nSPS) is 15.7. The molecule has 0 radical (unpaired) electrons. The number of amides is 2. The first kappa shape index (κ1) is 28.2. The van der Waals surface area contributed by atoms with Gasteiger partial charge in [0.25, 0.3) is 11.8 Å². The van der Waals surface area contributed by atoms with Gasteiger partial charge in [0.15, 0.2) is 5.13 Å². The van der Waals surface area contributed by atoms with E-state index < -0.39 is 10.0 Å². The number of benzene rings is 1. The number of carbonyl (C=O) groups excluding carboxylic acids is 2. The van der Waals surface area contributed by atoms with E-state index in [-0.39, 0.29) is 28.3 Å². The van der Waals surface area contributed by atoms with Crippen LogP contribution >= 0.6 is 11.3 Å². The number of aromatic nitrogens is 2. The Morgan fingerprint density at radius 3 is 2.58 bits per heavy atom. The molecule has 2 amide bonds. The number of rotatable bonds is 10. The summed E-state index contributed by atoms with van der Waals surface area (Å²) in [5.41, 5.74) is 2.70. The third kappa shape index (κ3) is 5.23. The molecule has 5 rings (SSSR count). The Morgan fingerprint density at radius 2 is 1.93 bits per heavy atom. The quantitative estimate of drug-likeness (QED) is 0.363. The van der Waals surface area contributed by atoms with Crippen LogP contribution in [0.4, 0.5) is 10.9 Å². The highest BCUT2D eigenvalue weighted by molar-refractivity contribution is 7.89. The molecule has 2 aliphatic rings. The molecule has 212 valence electrons. The molecule has 12 heteroatoms. The fraction of sp³-hybridized carbons (Fsp3) is 0.429. The van der Waals surface area contributed by atoms with E-state index in [1.54, 1.807) is 34.1 Å². The molecule has 0 bridgehead atoms. The summed E-state index contributed by atoms with van der Waals surface area (Å²) >= 11 is 1.36. The van der Waals surface area contributed by atoms with Crippen molar-refractivity contribution in [3.05, 3.63) is 52.8 Å². The first-order chi connectivity index (χ1) is 19.1. The van der Waals surface area contributed by atoms with E-state index in [1.165, 1.54) is 18.4 Å². The van der Waals surface area contributed by atoms with Crippen molar-refractivity contribution in [3.8, 4) is 10.4 Å². The predicted molar refractivity (Wildman–Crippen MR) is 155 cm³/mol. The zero-order valence-electron chi connectivity index (χ0n) is 23.3. The second-order valence-electron chi connectivity index (χ2n) is 10.2. The smallest absolute Gasteiger partial charge is 0.272 e. The van der Waals surface area contributed by atoms with Crippen LogP contribution in [0, 0.1) is 12.8 Å². The number of hydrogen-bond acceptors (Lipinski definition) is 8. The van der Waals surface area contributed by atoms with Crippen LogP contribution in [0.15, 0.2) is 35.2 Å². The van der Waals surface area contributed by atoms with Gasteiger partial charge in [0.05, 0.1) is 21.0 Å². The molecule has 1 fully saturated rings. The first-order valence-electron chi connectivity index (χ1n) is 13.5. The zero-order valence-corrected chi connectivity index (χ0v) is 24.9. The predicted octanol–water partition coefficient (Wildman–Crippen LogP) is 4.40. The Bertz CT molecular complexity index is 1580. The van der Waals surface area contributed by atoms with Gasteiger partial charge >= 0.3 is 0 Å². The van der Waals surface area contributed by atoms with Crippen LogP contribution in [-0.4, -0.2) is 66.2 Å². The lowest BCUT2D eigenvalue weighted by Crippen LogP contribution is -2.35. The SMILES string of the molecule is CCN(CC)C(=O)c1cccc(Nc2nc(C)c(-c3cc4c(c(S(=O)(=O)NC)c3)C(=O)N([C@@H](C)C3CC3)C4)s2)n1. The maximum absolute atomic E-state index is 13.4. The fourth-order valence-electron chi connectivity index (χ4n) is 5.18. The van der Waals surface area contributed by atoms with Crippen LogP contribution in [0.3, 0.4) is 0 Å². The molecule has 1 saturated carbocycles. The fourth-order valence-corrected chi connectivity index (χ4v) is 7.13. The Labute approximate surface area is 238 Å². The van der Waals surface area contributed by atoms with Crippen molar-refractivity contribution in [2.75, 3.05) is 25.5 Å². The van der Waals surface area contributed by atoms with Gasteiger partial charge in [0, 0.05) is 25.7 Å². The molecular weight excluding hydrogens is 548 g/mol. The second-order valence-corrected chi connectivity index (χ2v) is 13.0. The molecule has 1 atom stereocenters. The minimum absolute atomic E-state index is 0.00964. The molecular formula is C28H34N6O4S2. The van der Waals surface area contributed by atoms with Gasteiger partial charge < -0.3 is 15.1 Å². The van der Waals surface area contributed by atoms with Gasteiger partial charge in [-0.15, -0.1) is 0 Å². The maximum Gasteiger partial charge on any atom is 0.272 e. The van der Waals surface area contributed by atoms with Gasteiger partial charge in [0.1, 0.15) is 11.5 Å². The minimum Gasteiger partial charge on any atom is -0.338 e. The molecule has 1 aliphatic carbocycles. The topological polar surface area (TPSA) is 125 Å². The Kier molecular flexibility index (Phi) is 7.68. The van der Waals surface area contributed by atoms with E-state index in [0.29, 0.717) is 59.0 Å². The molecule has 10 nitrogen and oxygen atoms in total. The van der Waals surface area contributed by atoms with E-state index in [4.69, 9.17) is 0 Å². The number of nitrogens with zero attached hydrogens (tertiary/aromatic N) is 4. The van der Waals surface area contributed by atoms with Crippen molar-refractivity contribution in [1.82, 2.24) is 24.5 Å². The van der Waals surface area contributed by atoms with E-state index in [1.807, 2.05) is 33.8 Å². The number of thiazole rings is 1. The molecule has 0 unspecified atom stereocenters. The largest absolute Gasteiger partial charge is 0.338 e. The lowest BCUT2D eigenvalue weighted by molar-refractivity contribution is 0.0694. The number of nitrogens with one attached hydrogen (secondary N) is 2. The highest BCUT2D eigenvalue weighted by Crippen LogP contribution is 2.42.